The molecule has 1 aromatic rings. The third-order valence-electron chi connectivity index (χ3n) is 5.93. The van der Waals surface area contributed by atoms with E-state index in [9.17, 15) is 24.0 Å². The molecule has 0 spiro atoms. The van der Waals surface area contributed by atoms with E-state index in [0.717, 1.165) is 12.1 Å². The van der Waals surface area contributed by atoms with Gasteiger partial charge in [0.15, 0.2) is 0 Å². The number of rotatable bonds is 5. The normalized spacial score (nSPS) is 25.3. The molecule has 1 aliphatic heterocycles. The number of benzene rings is 1. The van der Waals surface area contributed by atoms with Gasteiger partial charge in [0, 0.05) is 13.0 Å². The van der Waals surface area contributed by atoms with Crippen LogP contribution in [0.5, 0.6) is 0 Å². The standard InChI is InChI=1S/C20H22ClFN6O3/c1-25-18(30)16-20(19(24)31,27-9-26-16)12-4-2-10(3-5-12)17(29)28-15-11(8-23)6-13(22)7-14(15)21/h6-7,10,12,27H,2-5,9H2,1H3,(H2,24,31)(H,25,30)(H,28,29). The number of nitrogens with two attached hydrogens (primary N) is 1. The molecule has 31 heavy (non-hydrogen) atoms. The number of anilines is 1. The Hall–Kier alpha value is -3.03. The van der Waals surface area contributed by atoms with Crippen molar-refractivity contribution in [2.75, 3.05) is 19.0 Å². The summed E-state index contributed by atoms with van der Waals surface area (Å²) in [6.45, 7) is 0.103. The van der Waals surface area contributed by atoms with Crippen LogP contribution in [0.1, 0.15) is 31.2 Å². The van der Waals surface area contributed by atoms with E-state index >= 15 is 0 Å². The van der Waals surface area contributed by atoms with Gasteiger partial charge in [-0.2, -0.15) is 5.26 Å². The number of nitrogens with zero attached hydrogens (tertiary/aromatic N) is 2. The molecule has 3 amide bonds. The van der Waals surface area contributed by atoms with Gasteiger partial charge in [-0.1, -0.05) is 11.6 Å². The minimum Gasteiger partial charge on any atom is -0.368 e. The van der Waals surface area contributed by atoms with Crippen molar-refractivity contribution in [2.24, 2.45) is 22.6 Å². The van der Waals surface area contributed by atoms with Crippen LogP contribution in [0.25, 0.3) is 0 Å². The minimum atomic E-state index is -1.38. The van der Waals surface area contributed by atoms with Gasteiger partial charge in [-0.25, -0.2) is 4.39 Å². The molecule has 1 atom stereocenters. The van der Waals surface area contributed by atoms with Crippen LogP contribution in [0.3, 0.4) is 0 Å². The first-order chi connectivity index (χ1) is 14.7. The van der Waals surface area contributed by atoms with Crippen molar-refractivity contribution in [3.8, 4) is 6.07 Å². The van der Waals surface area contributed by atoms with E-state index in [2.05, 4.69) is 20.9 Å². The molecule has 1 saturated carbocycles. The van der Waals surface area contributed by atoms with Crippen LogP contribution in [-0.4, -0.2) is 42.7 Å². The Morgan fingerprint density at radius 2 is 2.00 bits per heavy atom. The molecule has 0 radical (unpaired) electrons. The quantitative estimate of drug-likeness (QED) is 0.531. The Balaban J connectivity index is 1.73. The van der Waals surface area contributed by atoms with Gasteiger partial charge in [-0.3, -0.25) is 24.7 Å². The Kier molecular flexibility index (Phi) is 6.57. The molecule has 1 unspecified atom stereocenters. The number of carbonyl (C=O) groups excluding carboxylic acids is 3. The average Bonchev–Trinajstić information content (AvgIpc) is 3.21. The number of hydrogen-bond donors (Lipinski definition) is 4. The second kappa shape index (κ2) is 8.99. The first-order valence-corrected chi connectivity index (χ1v) is 10.1. The maximum absolute atomic E-state index is 13.5. The number of primary amides is 1. The first kappa shape index (κ1) is 22.7. The molecule has 9 nitrogen and oxygen atoms in total. The SMILES string of the molecule is CNC(=O)C1=NCNC1(C(N)=O)C1CCC(C(=O)Nc2c(Cl)cc(F)cc2C#N)CC1. The highest BCUT2D eigenvalue weighted by molar-refractivity contribution is 6.47. The summed E-state index contributed by atoms with van der Waals surface area (Å²) in [5.41, 5.74) is 4.37. The van der Waals surface area contributed by atoms with Crippen LogP contribution >= 0.6 is 11.6 Å². The summed E-state index contributed by atoms with van der Waals surface area (Å²) in [6, 6.07) is 3.84. The highest BCUT2D eigenvalue weighted by Crippen LogP contribution is 2.39. The fourth-order valence-electron chi connectivity index (χ4n) is 4.37. The molecular weight excluding hydrogens is 427 g/mol. The summed E-state index contributed by atoms with van der Waals surface area (Å²) < 4.78 is 13.5. The highest BCUT2D eigenvalue weighted by Gasteiger charge is 2.54. The molecule has 5 N–H and O–H groups in total. The van der Waals surface area contributed by atoms with E-state index in [1.807, 2.05) is 6.07 Å². The van der Waals surface area contributed by atoms with E-state index in [1.54, 1.807) is 0 Å². The molecule has 0 saturated heterocycles. The molecule has 0 aromatic heterocycles. The fraction of sp³-hybridized carbons (Fsp3) is 0.450. The number of nitriles is 1. The summed E-state index contributed by atoms with van der Waals surface area (Å²) in [5.74, 6) is -2.89. The van der Waals surface area contributed by atoms with Gasteiger partial charge in [-0.05, 0) is 43.7 Å². The van der Waals surface area contributed by atoms with Gasteiger partial charge in [0.1, 0.15) is 23.1 Å². The summed E-state index contributed by atoms with van der Waals surface area (Å²) in [7, 11) is 1.45. The number of aliphatic imine (C=N–C) groups is 1. The van der Waals surface area contributed by atoms with E-state index in [0.29, 0.717) is 25.7 Å². The lowest BCUT2D eigenvalue weighted by molar-refractivity contribution is -0.126. The van der Waals surface area contributed by atoms with Crippen LogP contribution in [0.2, 0.25) is 5.02 Å². The second-order valence-corrected chi connectivity index (χ2v) is 7.96. The van der Waals surface area contributed by atoms with Crippen LogP contribution in [0.15, 0.2) is 17.1 Å². The van der Waals surface area contributed by atoms with Crippen LogP contribution in [0.4, 0.5) is 10.1 Å². The number of hydrogen-bond acceptors (Lipinski definition) is 6. The highest BCUT2D eigenvalue weighted by atomic mass is 35.5. The predicted octanol–water partition coefficient (Wildman–Crippen LogP) is 1.07. The summed E-state index contributed by atoms with van der Waals surface area (Å²) in [4.78, 5) is 41.5. The topological polar surface area (TPSA) is 149 Å². The zero-order valence-electron chi connectivity index (χ0n) is 16.8. The van der Waals surface area contributed by atoms with Gasteiger partial charge >= 0.3 is 0 Å². The van der Waals surface area contributed by atoms with Crippen molar-refractivity contribution in [1.29, 1.82) is 5.26 Å². The van der Waals surface area contributed by atoms with Gasteiger partial charge in [0.2, 0.25) is 11.8 Å². The lowest BCUT2D eigenvalue weighted by atomic mass is 9.69. The molecule has 1 aliphatic carbocycles. The maximum atomic E-state index is 13.5. The van der Waals surface area contributed by atoms with Gasteiger partial charge in [-0.15, -0.1) is 0 Å². The molecule has 1 aromatic carbocycles. The third-order valence-corrected chi connectivity index (χ3v) is 6.23. The van der Waals surface area contributed by atoms with Crippen molar-refractivity contribution >= 4 is 40.7 Å². The van der Waals surface area contributed by atoms with E-state index in [-0.39, 0.29) is 40.5 Å². The van der Waals surface area contributed by atoms with Gasteiger partial charge in [0.05, 0.1) is 22.9 Å². The van der Waals surface area contributed by atoms with Crippen molar-refractivity contribution in [3.63, 3.8) is 0 Å². The molecule has 1 heterocycles. The minimum absolute atomic E-state index is 0.0622. The summed E-state index contributed by atoms with van der Waals surface area (Å²) in [5, 5.41) is 17.2. The van der Waals surface area contributed by atoms with Gasteiger partial charge in [0.25, 0.3) is 5.91 Å². The van der Waals surface area contributed by atoms with Crippen molar-refractivity contribution in [3.05, 3.63) is 28.5 Å². The molecule has 11 heteroatoms. The smallest absolute Gasteiger partial charge is 0.267 e. The zero-order valence-corrected chi connectivity index (χ0v) is 17.6. The maximum Gasteiger partial charge on any atom is 0.267 e. The predicted molar refractivity (Wildman–Crippen MR) is 112 cm³/mol. The molecule has 3 rings (SSSR count). The van der Waals surface area contributed by atoms with Crippen LogP contribution in [0, 0.1) is 29.0 Å². The van der Waals surface area contributed by atoms with E-state index in [4.69, 9.17) is 17.3 Å². The molecule has 0 bridgehead atoms. The Labute approximate surface area is 183 Å². The largest absolute Gasteiger partial charge is 0.368 e. The van der Waals surface area contributed by atoms with Crippen molar-refractivity contribution in [2.45, 2.75) is 31.2 Å². The summed E-state index contributed by atoms with van der Waals surface area (Å²) >= 11 is 6.00. The first-order valence-electron chi connectivity index (χ1n) is 9.76. The molecular formula is C20H22ClFN6O3. The second-order valence-electron chi connectivity index (χ2n) is 7.55. The molecule has 164 valence electrons. The lowest BCUT2D eigenvalue weighted by Gasteiger charge is -2.39. The summed E-state index contributed by atoms with van der Waals surface area (Å²) in [6.07, 6.45) is 1.75. The number of halogens is 2. The number of amides is 3. The van der Waals surface area contributed by atoms with Crippen molar-refractivity contribution < 1.29 is 18.8 Å². The Morgan fingerprint density at radius 1 is 1.32 bits per heavy atom. The monoisotopic (exact) mass is 448 g/mol. The lowest BCUT2D eigenvalue weighted by Crippen LogP contribution is -2.65. The Morgan fingerprint density at radius 3 is 2.58 bits per heavy atom. The molecule has 2 aliphatic rings. The number of carbonyl (C=O) groups is 3. The van der Waals surface area contributed by atoms with Crippen LogP contribution < -0.4 is 21.7 Å². The zero-order chi connectivity index (χ0) is 22.8. The number of nitrogens with one attached hydrogen (secondary N) is 3. The van der Waals surface area contributed by atoms with E-state index < -0.39 is 29.1 Å². The van der Waals surface area contributed by atoms with Gasteiger partial charge < -0.3 is 16.4 Å². The fourth-order valence-corrected chi connectivity index (χ4v) is 4.62. The van der Waals surface area contributed by atoms with Crippen molar-refractivity contribution in [1.82, 2.24) is 10.6 Å². The Bertz CT molecular complexity index is 999. The van der Waals surface area contributed by atoms with E-state index in [1.165, 1.54) is 7.05 Å². The third kappa shape index (κ3) is 4.11. The average molecular weight is 449 g/mol. The van der Waals surface area contributed by atoms with Crippen LogP contribution in [-0.2, 0) is 14.4 Å². The molecule has 1 fully saturated rings.